The van der Waals surface area contributed by atoms with Crippen molar-refractivity contribution in [3.05, 3.63) is 0 Å². The second-order valence-electron chi connectivity index (χ2n) is 4.63. The highest BCUT2D eigenvalue weighted by Crippen LogP contribution is 2.34. The van der Waals surface area contributed by atoms with Gasteiger partial charge in [0.15, 0.2) is 5.79 Å². The fourth-order valence-electron chi connectivity index (χ4n) is 1.54. The van der Waals surface area contributed by atoms with Gasteiger partial charge in [-0.1, -0.05) is 27.2 Å². The van der Waals surface area contributed by atoms with Crippen LogP contribution in [0.5, 0.6) is 0 Å². The first kappa shape index (κ1) is 11.0. The van der Waals surface area contributed by atoms with E-state index in [1.165, 1.54) is 0 Å². The molecule has 13 heavy (non-hydrogen) atoms. The lowest BCUT2D eigenvalue weighted by molar-refractivity contribution is -0.295. The Morgan fingerprint density at radius 3 is 2.00 bits per heavy atom. The Bertz CT molecular complexity index is 157. The minimum absolute atomic E-state index is 0.229. The van der Waals surface area contributed by atoms with E-state index in [9.17, 15) is 0 Å². The molecule has 2 heteroatoms. The number of rotatable bonds is 3. The summed E-state index contributed by atoms with van der Waals surface area (Å²) in [5.74, 6) is -0.316. The third-order valence-electron chi connectivity index (χ3n) is 3.01. The Morgan fingerprint density at radius 2 is 1.62 bits per heavy atom. The van der Waals surface area contributed by atoms with Crippen LogP contribution < -0.4 is 0 Å². The standard InChI is InChI=1S/C11H22O2/c1-5-7-11(4)12-8-10(3,6-2)9-13-11/h5-9H2,1-4H3. The highest BCUT2D eigenvalue weighted by Gasteiger charge is 2.37. The molecule has 1 saturated heterocycles. The van der Waals surface area contributed by atoms with E-state index in [0.29, 0.717) is 0 Å². The second kappa shape index (κ2) is 3.97. The van der Waals surface area contributed by atoms with Crippen molar-refractivity contribution in [3.63, 3.8) is 0 Å². The first-order valence-electron chi connectivity index (χ1n) is 5.31. The van der Waals surface area contributed by atoms with E-state index in [1.807, 2.05) is 6.92 Å². The first-order valence-corrected chi connectivity index (χ1v) is 5.31. The molecule has 2 nitrogen and oxygen atoms in total. The van der Waals surface area contributed by atoms with Gasteiger partial charge < -0.3 is 9.47 Å². The van der Waals surface area contributed by atoms with Crippen LogP contribution in [-0.4, -0.2) is 19.0 Å². The largest absolute Gasteiger partial charge is 0.350 e. The Morgan fingerprint density at radius 1 is 1.08 bits per heavy atom. The fraction of sp³-hybridized carbons (Fsp3) is 1.00. The van der Waals surface area contributed by atoms with Crippen molar-refractivity contribution < 1.29 is 9.47 Å². The van der Waals surface area contributed by atoms with Crippen molar-refractivity contribution in [1.29, 1.82) is 0 Å². The van der Waals surface area contributed by atoms with Gasteiger partial charge in [-0.2, -0.15) is 0 Å². The molecule has 0 amide bonds. The highest BCUT2D eigenvalue weighted by molar-refractivity contribution is 4.79. The van der Waals surface area contributed by atoms with Gasteiger partial charge in [0.25, 0.3) is 0 Å². The summed E-state index contributed by atoms with van der Waals surface area (Å²) in [6, 6.07) is 0. The van der Waals surface area contributed by atoms with Gasteiger partial charge >= 0.3 is 0 Å². The average Bonchev–Trinajstić information content (AvgIpc) is 2.12. The molecule has 0 bridgehead atoms. The minimum atomic E-state index is -0.316. The average molecular weight is 186 g/mol. The van der Waals surface area contributed by atoms with Crippen LogP contribution in [0.15, 0.2) is 0 Å². The lowest BCUT2D eigenvalue weighted by atomic mass is 9.88. The van der Waals surface area contributed by atoms with Crippen molar-refractivity contribution in [3.8, 4) is 0 Å². The second-order valence-corrected chi connectivity index (χ2v) is 4.63. The van der Waals surface area contributed by atoms with Crippen molar-refractivity contribution in [2.75, 3.05) is 13.2 Å². The topological polar surface area (TPSA) is 18.5 Å². The Labute approximate surface area is 81.6 Å². The Hall–Kier alpha value is -0.0800. The van der Waals surface area contributed by atoms with Crippen LogP contribution >= 0.6 is 0 Å². The van der Waals surface area contributed by atoms with Gasteiger partial charge in [-0.3, -0.25) is 0 Å². The summed E-state index contributed by atoms with van der Waals surface area (Å²) in [6.07, 6.45) is 3.22. The fourth-order valence-corrected chi connectivity index (χ4v) is 1.54. The first-order chi connectivity index (χ1) is 6.04. The highest BCUT2D eigenvalue weighted by atomic mass is 16.7. The molecule has 0 unspecified atom stereocenters. The van der Waals surface area contributed by atoms with Crippen molar-refractivity contribution in [2.24, 2.45) is 5.41 Å². The molecule has 0 aromatic heterocycles. The lowest BCUT2D eigenvalue weighted by Crippen LogP contribution is -2.46. The maximum absolute atomic E-state index is 5.79. The number of hydrogen-bond donors (Lipinski definition) is 0. The maximum atomic E-state index is 5.79. The van der Waals surface area contributed by atoms with E-state index < -0.39 is 0 Å². The smallest absolute Gasteiger partial charge is 0.165 e. The molecule has 0 N–H and O–H groups in total. The van der Waals surface area contributed by atoms with Crippen LogP contribution in [0.1, 0.15) is 47.0 Å². The summed E-state index contributed by atoms with van der Waals surface area (Å²) in [4.78, 5) is 0. The molecule has 0 saturated carbocycles. The van der Waals surface area contributed by atoms with Crippen molar-refractivity contribution >= 4 is 0 Å². The van der Waals surface area contributed by atoms with E-state index in [2.05, 4.69) is 20.8 Å². The molecule has 1 aliphatic heterocycles. The zero-order valence-corrected chi connectivity index (χ0v) is 9.35. The van der Waals surface area contributed by atoms with Gasteiger partial charge in [0.05, 0.1) is 13.2 Å². The Balaban J connectivity index is 2.46. The van der Waals surface area contributed by atoms with E-state index in [0.717, 1.165) is 32.5 Å². The summed E-state index contributed by atoms with van der Waals surface area (Å²) in [5.41, 5.74) is 0.229. The molecular weight excluding hydrogens is 164 g/mol. The number of ether oxygens (including phenoxy) is 2. The molecule has 1 fully saturated rings. The van der Waals surface area contributed by atoms with Gasteiger partial charge in [0.2, 0.25) is 0 Å². The van der Waals surface area contributed by atoms with E-state index >= 15 is 0 Å². The molecule has 0 aromatic rings. The van der Waals surface area contributed by atoms with Gasteiger partial charge in [0, 0.05) is 11.8 Å². The van der Waals surface area contributed by atoms with Crippen LogP contribution in [0.25, 0.3) is 0 Å². The van der Waals surface area contributed by atoms with Crippen molar-refractivity contribution in [2.45, 2.75) is 52.7 Å². The van der Waals surface area contributed by atoms with E-state index in [4.69, 9.17) is 9.47 Å². The molecule has 1 heterocycles. The summed E-state index contributed by atoms with van der Waals surface area (Å²) >= 11 is 0. The summed E-state index contributed by atoms with van der Waals surface area (Å²) < 4.78 is 11.6. The third-order valence-corrected chi connectivity index (χ3v) is 3.01. The monoisotopic (exact) mass is 186 g/mol. The van der Waals surface area contributed by atoms with Gasteiger partial charge in [-0.15, -0.1) is 0 Å². The molecule has 78 valence electrons. The third kappa shape index (κ3) is 2.68. The molecular formula is C11H22O2. The normalized spacial score (nSPS) is 40.6. The van der Waals surface area contributed by atoms with E-state index in [-0.39, 0.29) is 11.2 Å². The zero-order chi connectivity index (χ0) is 9.95. The Kier molecular flexibility index (Phi) is 3.36. The summed E-state index contributed by atoms with van der Waals surface area (Å²) in [7, 11) is 0. The quantitative estimate of drug-likeness (QED) is 0.674. The predicted octanol–water partition coefficient (Wildman–Crippen LogP) is 2.97. The summed E-state index contributed by atoms with van der Waals surface area (Å²) in [5, 5.41) is 0. The van der Waals surface area contributed by atoms with E-state index in [1.54, 1.807) is 0 Å². The molecule has 0 atom stereocenters. The van der Waals surface area contributed by atoms with Gasteiger partial charge in [-0.25, -0.2) is 0 Å². The van der Waals surface area contributed by atoms with Crippen LogP contribution in [-0.2, 0) is 9.47 Å². The minimum Gasteiger partial charge on any atom is -0.350 e. The SMILES string of the molecule is CCCC1(C)OCC(C)(CC)CO1. The summed E-state index contributed by atoms with van der Waals surface area (Å²) in [6.45, 7) is 10.3. The zero-order valence-electron chi connectivity index (χ0n) is 9.35. The molecule has 1 aliphatic rings. The van der Waals surface area contributed by atoms with Crippen molar-refractivity contribution in [1.82, 2.24) is 0 Å². The maximum Gasteiger partial charge on any atom is 0.165 e. The van der Waals surface area contributed by atoms with Crippen LogP contribution in [0.2, 0.25) is 0 Å². The molecule has 0 spiro atoms. The number of hydrogen-bond acceptors (Lipinski definition) is 2. The molecule has 0 aromatic carbocycles. The molecule has 1 rings (SSSR count). The lowest BCUT2D eigenvalue weighted by Gasteiger charge is -2.42. The van der Waals surface area contributed by atoms with Crippen LogP contribution in [0, 0.1) is 5.41 Å². The molecule has 0 aliphatic carbocycles. The molecule has 0 radical (unpaired) electrons. The van der Waals surface area contributed by atoms with Crippen LogP contribution in [0.3, 0.4) is 0 Å². The van der Waals surface area contributed by atoms with Crippen LogP contribution in [0.4, 0.5) is 0 Å². The van der Waals surface area contributed by atoms with Gasteiger partial charge in [0.1, 0.15) is 0 Å². The predicted molar refractivity (Wildman–Crippen MR) is 53.6 cm³/mol. The van der Waals surface area contributed by atoms with Gasteiger partial charge in [-0.05, 0) is 13.3 Å².